The summed E-state index contributed by atoms with van der Waals surface area (Å²) in [6.07, 6.45) is 7.34. The number of unbranched alkanes of at least 4 members (excludes halogenated alkanes) is 1. The van der Waals surface area contributed by atoms with Crippen molar-refractivity contribution in [1.29, 1.82) is 0 Å². The number of rotatable bonds is 4. The van der Waals surface area contributed by atoms with Crippen molar-refractivity contribution in [1.82, 2.24) is 4.90 Å². The van der Waals surface area contributed by atoms with Gasteiger partial charge in [0.05, 0.1) is 17.5 Å². The molecule has 7 heteroatoms. The maximum Gasteiger partial charge on any atom is 0.248 e. The van der Waals surface area contributed by atoms with Crippen LogP contribution in [0.5, 0.6) is 0 Å². The van der Waals surface area contributed by atoms with Crippen LogP contribution in [0.15, 0.2) is 4.99 Å². The Labute approximate surface area is 148 Å². The molecule has 2 saturated heterocycles. The lowest BCUT2D eigenvalue weighted by Gasteiger charge is -2.36. The molecule has 24 heavy (non-hydrogen) atoms. The molecular formula is C17H26N2O3S2. The van der Waals surface area contributed by atoms with Crippen molar-refractivity contribution in [3.63, 3.8) is 0 Å². The van der Waals surface area contributed by atoms with Gasteiger partial charge in [0, 0.05) is 17.7 Å². The highest BCUT2D eigenvalue weighted by molar-refractivity contribution is 8.15. The second kappa shape index (κ2) is 6.31. The summed E-state index contributed by atoms with van der Waals surface area (Å²) in [4.78, 5) is 18.9. The Bertz CT molecular complexity index is 661. The average Bonchev–Trinajstić information content (AvgIpc) is 3.24. The lowest BCUT2D eigenvalue weighted by Crippen LogP contribution is -2.47. The van der Waals surface area contributed by atoms with E-state index < -0.39 is 9.84 Å². The lowest BCUT2D eigenvalue weighted by molar-refractivity contribution is -0.117. The third kappa shape index (κ3) is 3.02. The molecule has 5 atom stereocenters. The van der Waals surface area contributed by atoms with Crippen molar-refractivity contribution in [3.05, 3.63) is 0 Å². The van der Waals surface area contributed by atoms with E-state index in [2.05, 4.69) is 16.8 Å². The highest BCUT2D eigenvalue weighted by atomic mass is 32.2. The van der Waals surface area contributed by atoms with Gasteiger partial charge >= 0.3 is 0 Å². The number of sulfone groups is 1. The van der Waals surface area contributed by atoms with E-state index in [1.54, 1.807) is 11.8 Å². The van der Waals surface area contributed by atoms with Gasteiger partial charge in [0.25, 0.3) is 0 Å². The van der Waals surface area contributed by atoms with Crippen LogP contribution in [-0.2, 0) is 14.6 Å². The topological polar surface area (TPSA) is 66.8 Å². The largest absolute Gasteiger partial charge is 0.343 e. The zero-order chi connectivity index (χ0) is 16.9. The molecule has 2 saturated carbocycles. The monoisotopic (exact) mass is 370 g/mol. The van der Waals surface area contributed by atoms with Gasteiger partial charge in [0.2, 0.25) is 5.91 Å². The molecule has 0 spiro atoms. The van der Waals surface area contributed by atoms with Gasteiger partial charge in [-0.2, -0.15) is 4.99 Å². The summed E-state index contributed by atoms with van der Waals surface area (Å²) in [5.41, 5.74) is 0. The van der Waals surface area contributed by atoms with Crippen LogP contribution < -0.4 is 0 Å². The van der Waals surface area contributed by atoms with Gasteiger partial charge in [0.15, 0.2) is 15.0 Å². The minimum atomic E-state index is -2.95. The molecule has 0 radical (unpaired) electrons. The molecule has 1 amide bonds. The molecule has 2 aliphatic carbocycles. The fraction of sp³-hybridized carbons (Fsp3) is 0.882. The summed E-state index contributed by atoms with van der Waals surface area (Å²) in [7, 11) is -2.95. The third-order valence-electron chi connectivity index (χ3n) is 6.13. The molecular weight excluding hydrogens is 344 g/mol. The maximum atomic E-state index is 12.2. The van der Waals surface area contributed by atoms with Crippen LogP contribution in [0.1, 0.15) is 51.9 Å². The number of amides is 1. The van der Waals surface area contributed by atoms with Crippen molar-refractivity contribution in [2.45, 2.75) is 69.2 Å². The number of fused-ring (bicyclic) bond motifs is 3. The first-order valence-electron chi connectivity index (χ1n) is 9.24. The number of amidine groups is 1. The molecule has 4 aliphatic rings. The smallest absolute Gasteiger partial charge is 0.248 e. The molecule has 2 bridgehead atoms. The van der Waals surface area contributed by atoms with Gasteiger partial charge in [-0.25, -0.2) is 8.42 Å². The Morgan fingerprint density at radius 2 is 2.08 bits per heavy atom. The molecule has 0 N–H and O–H groups in total. The first kappa shape index (κ1) is 16.9. The van der Waals surface area contributed by atoms with E-state index in [1.165, 1.54) is 19.3 Å². The predicted octanol–water partition coefficient (Wildman–Crippen LogP) is 2.46. The van der Waals surface area contributed by atoms with Crippen LogP contribution in [0.3, 0.4) is 0 Å². The summed E-state index contributed by atoms with van der Waals surface area (Å²) in [5.74, 6) is 1.88. The predicted molar refractivity (Wildman–Crippen MR) is 96.9 cm³/mol. The zero-order valence-electron chi connectivity index (χ0n) is 14.2. The van der Waals surface area contributed by atoms with Crippen molar-refractivity contribution < 1.29 is 13.2 Å². The van der Waals surface area contributed by atoms with Crippen LogP contribution in [0, 0.1) is 11.8 Å². The van der Waals surface area contributed by atoms with E-state index in [0.29, 0.717) is 18.4 Å². The molecule has 0 aromatic rings. The molecule has 2 aliphatic heterocycles. The normalized spacial score (nSPS) is 41.3. The van der Waals surface area contributed by atoms with Gasteiger partial charge in [-0.3, -0.25) is 4.79 Å². The summed E-state index contributed by atoms with van der Waals surface area (Å²) in [5, 5.41) is 0.880. The van der Waals surface area contributed by atoms with E-state index >= 15 is 0 Å². The first-order chi connectivity index (χ1) is 11.5. The van der Waals surface area contributed by atoms with Crippen LogP contribution >= 0.6 is 11.8 Å². The third-order valence-corrected chi connectivity index (χ3v) is 9.35. The Morgan fingerprint density at radius 3 is 2.75 bits per heavy atom. The Morgan fingerprint density at radius 1 is 1.25 bits per heavy atom. The second-order valence-electron chi connectivity index (χ2n) is 7.84. The minimum absolute atomic E-state index is 0.0297. The van der Waals surface area contributed by atoms with Crippen molar-refractivity contribution in [2.75, 3.05) is 11.5 Å². The van der Waals surface area contributed by atoms with Gasteiger partial charge in [-0.1, -0.05) is 31.5 Å². The zero-order valence-corrected chi connectivity index (χ0v) is 15.8. The molecule has 0 aromatic carbocycles. The van der Waals surface area contributed by atoms with E-state index in [4.69, 9.17) is 0 Å². The number of hydrogen-bond acceptors (Lipinski definition) is 4. The molecule has 2 heterocycles. The van der Waals surface area contributed by atoms with Crippen molar-refractivity contribution in [3.8, 4) is 0 Å². The van der Waals surface area contributed by atoms with Gasteiger partial charge < -0.3 is 4.90 Å². The number of carbonyl (C=O) groups excluding carboxylic acids is 1. The highest BCUT2D eigenvalue weighted by Gasteiger charge is 2.54. The molecule has 4 rings (SSSR count). The molecule has 5 nitrogen and oxygen atoms in total. The first-order valence-corrected chi connectivity index (χ1v) is 11.9. The molecule has 0 unspecified atom stereocenters. The van der Waals surface area contributed by atoms with Gasteiger partial charge in [-0.15, -0.1) is 0 Å². The van der Waals surface area contributed by atoms with Gasteiger partial charge in [-0.05, 0) is 37.5 Å². The van der Waals surface area contributed by atoms with Crippen LogP contribution in [0.4, 0.5) is 0 Å². The Balaban J connectivity index is 1.59. The Hall–Kier alpha value is -0.560. The van der Waals surface area contributed by atoms with Gasteiger partial charge in [0.1, 0.15) is 0 Å². The summed E-state index contributed by atoms with van der Waals surface area (Å²) in [6, 6.07) is 0.430. The van der Waals surface area contributed by atoms with E-state index in [9.17, 15) is 13.2 Å². The number of carbonyl (C=O) groups is 1. The number of aliphatic imine (C=N–C) groups is 1. The SMILES string of the molecule is CCCCC(=O)N=C1S[C@@H]2CS(=O)(=O)C[C@@H]2N1[C@@H]1C[C@@H]2CC[C@@H]1C2. The van der Waals surface area contributed by atoms with E-state index in [1.807, 2.05) is 0 Å². The van der Waals surface area contributed by atoms with Crippen LogP contribution in [0.25, 0.3) is 0 Å². The average molecular weight is 371 g/mol. The molecule has 134 valence electrons. The van der Waals surface area contributed by atoms with Crippen molar-refractivity contribution >= 4 is 32.7 Å². The van der Waals surface area contributed by atoms with Crippen LogP contribution in [-0.4, -0.2) is 53.2 Å². The number of nitrogens with zero attached hydrogens (tertiary/aromatic N) is 2. The Kier molecular flexibility index (Phi) is 4.44. The van der Waals surface area contributed by atoms with E-state index in [0.717, 1.165) is 30.3 Å². The number of hydrogen-bond donors (Lipinski definition) is 0. The fourth-order valence-electron chi connectivity index (χ4n) is 5.02. The molecule has 0 aromatic heterocycles. The standard InChI is InChI=1S/C17H26N2O3S2/c1-2-3-4-16(20)18-17-19(13-8-11-5-6-12(13)7-11)14-9-24(21,22)10-15(14)23-17/h11-15H,2-10H2,1H3/t11-,12-,13-,14+,15-/m1/s1. The van der Waals surface area contributed by atoms with E-state index in [-0.39, 0.29) is 28.7 Å². The maximum absolute atomic E-state index is 12.2. The summed E-state index contributed by atoms with van der Waals surface area (Å²) < 4.78 is 24.2. The molecule has 4 fully saturated rings. The minimum Gasteiger partial charge on any atom is -0.343 e. The number of thioether (sulfide) groups is 1. The lowest BCUT2D eigenvalue weighted by atomic mass is 9.93. The fourth-order valence-corrected chi connectivity index (χ4v) is 9.01. The quantitative estimate of drug-likeness (QED) is 0.760. The summed E-state index contributed by atoms with van der Waals surface area (Å²) in [6.45, 7) is 2.07. The van der Waals surface area contributed by atoms with Crippen molar-refractivity contribution in [2.24, 2.45) is 16.8 Å². The highest BCUT2D eigenvalue weighted by Crippen LogP contribution is 2.51. The second-order valence-corrected chi connectivity index (χ2v) is 11.2. The van der Waals surface area contributed by atoms with Crippen LogP contribution in [0.2, 0.25) is 0 Å². The summed E-state index contributed by atoms with van der Waals surface area (Å²) >= 11 is 1.54.